The maximum Gasteiger partial charge on any atom is 0.367 e. The predicted molar refractivity (Wildman–Crippen MR) is 107 cm³/mol. The van der Waals surface area contributed by atoms with Crippen LogP contribution in [0.3, 0.4) is 0 Å². The lowest BCUT2D eigenvalue weighted by Crippen LogP contribution is -2.13. The lowest BCUT2D eigenvalue weighted by Gasteiger charge is -2.14. The van der Waals surface area contributed by atoms with E-state index < -0.39 is 0 Å². The molecule has 0 bridgehead atoms. The second-order valence-electron chi connectivity index (χ2n) is 6.87. The van der Waals surface area contributed by atoms with Gasteiger partial charge in [-0.05, 0) is 56.7 Å². The van der Waals surface area contributed by atoms with Crippen LogP contribution in [0.25, 0.3) is 0 Å². The van der Waals surface area contributed by atoms with Gasteiger partial charge >= 0.3 is 5.30 Å². The molecule has 1 aliphatic rings. The predicted octanol–water partition coefficient (Wildman–Crippen LogP) is 5.74. The summed E-state index contributed by atoms with van der Waals surface area (Å²) in [6.45, 7) is 4.15. The van der Waals surface area contributed by atoms with E-state index in [9.17, 15) is 14.4 Å². The zero-order valence-corrected chi connectivity index (χ0v) is 17.2. The van der Waals surface area contributed by atoms with Gasteiger partial charge in [0, 0.05) is 30.9 Å². The summed E-state index contributed by atoms with van der Waals surface area (Å²) < 4.78 is 4.89. The first-order valence-corrected chi connectivity index (χ1v) is 11.1. The summed E-state index contributed by atoms with van der Waals surface area (Å²) in [5.41, 5.74) is 0. The lowest BCUT2D eigenvalue weighted by molar-refractivity contribution is -0.121. The van der Waals surface area contributed by atoms with Gasteiger partial charge in [0.1, 0.15) is 11.6 Å². The number of allylic oxidation sites excluding steroid dienone is 2. The van der Waals surface area contributed by atoms with Crippen LogP contribution in [0.5, 0.6) is 0 Å². The van der Waals surface area contributed by atoms with E-state index in [1.54, 1.807) is 0 Å². The van der Waals surface area contributed by atoms with Crippen LogP contribution in [0, 0.1) is 11.8 Å². The molecule has 0 radical (unpaired) electrons. The van der Waals surface area contributed by atoms with Crippen LogP contribution in [0.15, 0.2) is 12.2 Å². The number of ether oxygens (including phenoxy) is 1. The zero-order chi connectivity index (χ0) is 19.2. The van der Waals surface area contributed by atoms with E-state index >= 15 is 0 Å². The number of ketones is 2. The SMILES string of the molecule is CCOC(=O)SCCCCC[C@H]1C(=O)CC[C@@H]1C=CCCCC(=O)CC. The fraction of sp³-hybridized carbons (Fsp3) is 0.762. The number of rotatable bonds is 13. The molecule has 2 atom stereocenters. The Morgan fingerprint density at radius 1 is 1.19 bits per heavy atom. The Bertz CT molecular complexity index is 473. The van der Waals surface area contributed by atoms with Crippen molar-refractivity contribution in [1.29, 1.82) is 0 Å². The molecular weight excluding hydrogens is 348 g/mol. The summed E-state index contributed by atoms with van der Waals surface area (Å²) in [7, 11) is 0. The van der Waals surface area contributed by atoms with Crippen LogP contribution < -0.4 is 0 Å². The average Bonchev–Trinajstić information content (AvgIpc) is 2.97. The van der Waals surface area contributed by atoms with Gasteiger partial charge in [-0.15, -0.1) is 0 Å². The Morgan fingerprint density at radius 3 is 2.73 bits per heavy atom. The molecule has 148 valence electrons. The summed E-state index contributed by atoms with van der Waals surface area (Å²) in [6.07, 6.45) is 13.2. The molecule has 1 aliphatic carbocycles. The number of hydrogen-bond donors (Lipinski definition) is 0. The van der Waals surface area contributed by atoms with Crippen molar-refractivity contribution in [3.63, 3.8) is 0 Å². The Labute approximate surface area is 162 Å². The molecule has 0 unspecified atom stereocenters. The van der Waals surface area contributed by atoms with Gasteiger partial charge in [-0.3, -0.25) is 9.59 Å². The van der Waals surface area contributed by atoms with Gasteiger partial charge in [-0.1, -0.05) is 31.9 Å². The number of thioether (sulfide) groups is 1. The minimum absolute atomic E-state index is 0.168. The van der Waals surface area contributed by atoms with Gasteiger partial charge in [-0.25, -0.2) is 4.79 Å². The molecule has 0 aromatic heterocycles. The zero-order valence-electron chi connectivity index (χ0n) is 16.3. The quantitative estimate of drug-likeness (QED) is 0.231. The van der Waals surface area contributed by atoms with Gasteiger partial charge in [0.15, 0.2) is 0 Å². The summed E-state index contributed by atoms with van der Waals surface area (Å²) in [6, 6.07) is 0. The van der Waals surface area contributed by atoms with Crippen molar-refractivity contribution in [3.8, 4) is 0 Å². The smallest absolute Gasteiger partial charge is 0.367 e. The molecule has 1 saturated carbocycles. The molecule has 0 saturated heterocycles. The van der Waals surface area contributed by atoms with Gasteiger partial charge in [0.05, 0.1) is 6.61 Å². The van der Waals surface area contributed by atoms with E-state index in [4.69, 9.17) is 4.74 Å². The van der Waals surface area contributed by atoms with E-state index in [1.165, 1.54) is 11.8 Å². The van der Waals surface area contributed by atoms with E-state index in [0.717, 1.165) is 50.7 Å². The summed E-state index contributed by atoms with van der Waals surface area (Å²) in [5.74, 6) is 2.06. The van der Waals surface area contributed by atoms with Crippen LogP contribution in [0.4, 0.5) is 4.79 Å². The largest absolute Gasteiger partial charge is 0.458 e. The van der Waals surface area contributed by atoms with Gasteiger partial charge in [0.2, 0.25) is 0 Å². The minimum Gasteiger partial charge on any atom is -0.458 e. The van der Waals surface area contributed by atoms with Crippen molar-refractivity contribution in [2.75, 3.05) is 12.4 Å². The number of unbranched alkanes of at least 4 members (excludes halogenated alkanes) is 3. The maximum atomic E-state index is 12.1. The van der Waals surface area contributed by atoms with E-state index in [-0.39, 0.29) is 11.2 Å². The van der Waals surface area contributed by atoms with Crippen LogP contribution in [-0.4, -0.2) is 29.2 Å². The van der Waals surface area contributed by atoms with Crippen LogP contribution in [0.2, 0.25) is 0 Å². The maximum absolute atomic E-state index is 12.1. The Balaban J connectivity index is 2.19. The molecule has 26 heavy (non-hydrogen) atoms. The summed E-state index contributed by atoms with van der Waals surface area (Å²) in [4.78, 5) is 34.7. The minimum atomic E-state index is -0.190. The third-order valence-corrected chi connectivity index (χ3v) is 5.75. The van der Waals surface area contributed by atoms with Crippen molar-refractivity contribution < 1.29 is 19.1 Å². The van der Waals surface area contributed by atoms with E-state index in [2.05, 4.69) is 12.2 Å². The Hall–Kier alpha value is -1.10. The van der Waals surface area contributed by atoms with E-state index in [0.29, 0.717) is 43.4 Å². The molecule has 0 aromatic carbocycles. The van der Waals surface area contributed by atoms with Crippen molar-refractivity contribution in [2.45, 2.75) is 78.1 Å². The first kappa shape index (κ1) is 22.9. The molecule has 5 heteroatoms. The second kappa shape index (κ2) is 14.0. The molecule has 0 amide bonds. The first-order valence-electron chi connectivity index (χ1n) is 10.1. The molecule has 4 nitrogen and oxygen atoms in total. The highest BCUT2D eigenvalue weighted by molar-refractivity contribution is 8.13. The first-order chi connectivity index (χ1) is 12.6. The second-order valence-corrected chi connectivity index (χ2v) is 7.90. The number of Topliss-reactive ketones (excluding diaryl/α,β-unsaturated/α-hetero) is 2. The topological polar surface area (TPSA) is 60.4 Å². The lowest BCUT2D eigenvalue weighted by atomic mass is 9.89. The summed E-state index contributed by atoms with van der Waals surface area (Å²) >= 11 is 1.24. The monoisotopic (exact) mass is 382 g/mol. The highest BCUT2D eigenvalue weighted by Gasteiger charge is 2.32. The molecule has 0 heterocycles. The molecule has 1 rings (SSSR count). The van der Waals surface area contributed by atoms with Crippen LogP contribution in [-0.2, 0) is 14.3 Å². The molecule has 1 fully saturated rings. The average molecular weight is 383 g/mol. The third kappa shape index (κ3) is 9.56. The highest BCUT2D eigenvalue weighted by Crippen LogP contribution is 2.34. The van der Waals surface area contributed by atoms with Crippen LogP contribution >= 0.6 is 11.8 Å². The van der Waals surface area contributed by atoms with Crippen molar-refractivity contribution in [2.24, 2.45) is 11.8 Å². The Morgan fingerprint density at radius 2 is 2.00 bits per heavy atom. The Kier molecular flexibility index (Phi) is 12.4. The van der Waals surface area contributed by atoms with Crippen LogP contribution in [0.1, 0.15) is 78.1 Å². The highest BCUT2D eigenvalue weighted by atomic mass is 32.2. The number of hydrogen-bond acceptors (Lipinski definition) is 5. The van der Waals surface area contributed by atoms with Gasteiger partial charge in [0.25, 0.3) is 0 Å². The van der Waals surface area contributed by atoms with Crippen molar-refractivity contribution >= 4 is 28.6 Å². The van der Waals surface area contributed by atoms with Crippen molar-refractivity contribution in [3.05, 3.63) is 12.2 Å². The fourth-order valence-electron chi connectivity index (χ4n) is 3.36. The molecule has 0 aromatic rings. The molecule has 0 aliphatic heterocycles. The van der Waals surface area contributed by atoms with Crippen molar-refractivity contribution in [1.82, 2.24) is 0 Å². The van der Waals surface area contributed by atoms with Gasteiger partial charge in [-0.2, -0.15) is 0 Å². The number of carbonyl (C=O) groups is 3. The summed E-state index contributed by atoms with van der Waals surface area (Å²) in [5, 5.41) is -0.190. The van der Waals surface area contributed by atoms with Gasteiger partial charge < -0.3 is 4.74 Å². The molecule has 0 spiro atoms. The number of carbonyl (C=O) groups excluding carboxylic acids is 3. The third-order valence-electron chi connectivity index (χ3n) is 4.90. The molecule has 0 N–H and O–H groups in total. The fourth-order valence-corrected chi connectivity index (χ4v) is 4.08. The standard InChI is InChI=1S/C21H34O4S/c1-3-18(22)12-8-5-7-11-17-14-15-20(23)19(17)13-9-6-10-16-26-21(24)25-4-2/h7,11,17,19H,3-6,8-10,12-16H2,1-2H3/t17-,19+/m0/s1. The van der Waals surface area contributed by atoms with E-state index in [1.807, 2.05) is 13.8 Å². The normalized spacial score (nSPS) is 20.0. The molecular formula is C21H34O4S.